The van der Waals surface area contributed by atoms with Crippen LogP contribution >= 0.6 is 0 Å². The number of aryl methyl sites for hydroxylation is 1. The first-order chi connectivity index (χ1) is 10.2. The minimum atomic E-state index is -0.858. The Morgan fingerprint density at radius 2 is 2.05 bits per heavy atom. The third-order valence-electron chi connectivity index (χ3n) is 4.47. The zero-order valence-corrected chi connectivity index (χ0v) is 11.7. The Labute approximate surface area is 122 Å². The second-order valence-corrected chi connectivity index (χ2v) is 5.75. The predicted molar refractivity (Wildman–Crippen MR) is 75.2 cm³/mol. The van der Waals surface area contributed by atoms with E-state index in [-0.39, 0.29) is 17.7 Å². The smallest absolute Gasteiger partial charge is 0.307 e. The number of carbonyl (C=O) groups excluding carboxylic acids is 1. The second kappa shape index (κ2) is 5.71. The van der Waals surface area contributed by atoms with Crippen LogP contribution in [0.2, 0.25) is 0 Å². The average Bonchev–Trinajstić information content (AvgIpc) is 3.18. The maximum Gasteiger partial charge on any atom is 0.307 e. The van der Waals surface area contributed by atoms with Gasteiger partial charge in [0, 0.05) is 25.5 Å². The Morgan fingerprint density at radius 3 is 2.71 bits per heavy atom. The van der Waals surface area contributed by atoms with Crippen LogP contribution in [-0.4, -0.2) is 33.3 Å². The molecule has 3 rings (SSSR count). The molecule has 1 fully saturated rings. The van der Waals surface area contributed by atoms with Crippen LogP contribution < -0.4 is 5.32 Å². The number of aromatic nitrogens is 2. The van der Waals surface area contributed by atoms with Crippen molar-refractivity contribution >= 4 is 11.9 Å². The molecule has 1 aromatic rings. The Bertz CT molecular complexity index is 553. The first-order valence-corrected chi connectivity index (χ1v) is 7.33. The summed E-state index contributed by atoms with van der Waals surface area (Å²) in [5, 5.41) is 16.3. The van der Waals surface area contributed by atoms with Gasteiger partial charge in [-0.1, -0.05) is 12.2 Å². The third-order valence-corrected chi connectivity index (χ3v) is 4.47. The van der Waals surface area contributed by atoms with E-state index >= 15 is 0 Å². The minimum Gasteiger partial charge on any atom is -0.481 e. The molecule has 4 atom stereocenters. The first kappa shape index (κ1) is 13.9. The molecule has 1 heterocycles. The molecular weight excluding hydrogens is 270 g/mol. The Balaban J connectivity index is 1.51. The van der Waals surface area contributed by atoms with E-state index in [0.29, 0.717) is 6.54 Å². The largest absolute Gasteiger partial charge is 0.481 e. The molecule has 6 nitrogen and oxygen atoms in total. The topological polar surface area (TPSA) is 84.2 Å². The zero-order valence-electron chi connectivity index (χ0n) is 11.7. The lowest BCUT2D eigenvalue weighted by atomic mass is 9.82. The lowest BCUT2D eigenvalue weighted by Gasteiger charge is -2.23. The number of hydrogen-bond acceptors (Lipinski definition) is 3. The molecule has 1 amide bonds. The Morgan fingerprint density at radius 1 is 1.29 bits per heavy atom. The van der Waals surface area contributed by atoms with E-state index in [4.69, 9.17) is 0 Å². The fourth-order valence-corrected chi connectivity index (χ4v) is 3.52. The summed E-state index contributed by atoms with van der Waals surface area (Å²) in [5.41, 5.74) is 0. The maximum atomic E-state index is 12.3. The minimum absolute atomic E-state index is 0.0207. The quantitative estimate of drug-likeness (QED) is 0.602. The zero-order chi connectivity index (χ0) is 14.8. The summed E-state index contributed by atoms with van der Waals surface area (Å²) in [7, 11) is 0. The molecular formula is C15H19N3O3. The molecule has 1 saturated carbocycles. The van der Waals surface area contributed by atoms with Crippen molar-refractivity contribution in [2.24, 2.45) is 23.7 Å². The van der Waals surface area contributed by atoms with Crippen molar-refractivity contribution in [3.63, 3.8) is 0 Å². The fraction of sp³-hybridized carbons (Fsp3) is 0.533. The van der Waals surface area contributed by atoms with Crippen molar-refractivity contribution in [1.82, 2.24) is 15.1 Å². The Hall–Kier alpha value is -2.11. The van der Waals surface area contributed by atoms with Gasteiger partial charge in [0.1, 0.15) is 0 Å². The van der Waals surface area contributed by atoms with Gasteiger partial charge in [-0.15, -0.1) is 0 Å². The third kappa shape index (κ3) is 2.70. The van der Waals surface area contributed by atoms with E-state index in [1.54, 1.807) is 6.20 Å². The molecule has 0 aromatic carbocycles. The summed E-state index contributed by atoms with van der Waals surface area (Å²) in [6.07, 6.45) is 9.12. The number of carbonyl (C=O) groups is 2. The lowest BCUT2D eigenvalue weighted by Crippen LogP contribution is -2.40. The number of nitrogens with one attached hydrogen (secondary N) is 1. The number of allylic oxidation sites excluding steroid dienone is 2. The SMILES string of the molecule is O=C(O)[C@@H]1[C@H](C(=O)NCCCn2cccn2)[C@@H]2C=C[C@H]1C2. The molecule has 0 aliphatic heterocycles. The molecule has 0 unspecified atom stereocenters. The van der Waals surface area contributed by atoms with Crippen LogP contribution in [0.4, 0.5) is 0 Å². The highest BCUT2D eigenvalue weighted by atomic mass is 16.4. The molecule has 2 aliphatic rings. The normalized spacial score (nSPS) is 29.7. The van der Waals surface area contributed by atoms with Gasteiger partial charge < -0.3 is 10.4 Å². The van der Waals surface area contributed by atoms with Gasteiger partial charge in [0.05, 0.1) is 11.8 Å². The summed E-state index contributed by atoms with van der Waals surface area (Å²) in [4.78, 5) is 23.6. The van der Waals surface area contributed by atoms with Crippen molar-refractivity contribution in [3.05, 3.63) is 30.6 Å². The van der Waals surface area contributed by atoms with E-state index in [9.17, 15) is 14.7 Å². The molecule has 0 saturated heterocycles. The molecule has 2 bridgehead atoms. The van der Waals surface area contributed by atoms with Gasteiger partial charge in [-0.3, -0.25) is 14.3 Å². The Kier molecular flexibility index (Phi) is 3.77. The van der Waals surface area contributed by atoms with Crippen molar-refractivity contribution in [1.29, 1.82) is 0 Å². The average molecular weight is 289 g/mol. The number of carboxylic acid groups (broad SMARTS) is 1. The van der Waals surface area contributed by atoms with Gasteiger partial charge >= 0.3 is 5.97 Å². The number of hydrogen-bond donors (Lipinski definition) is 2. The maximum absolute atomic E-state index is 12.3. The summed E-state index contributed by atoms with van der Waals surface area (Å²) in [6.45, 7) is 1.29. The molecule has 6 heteroatoms. The van der Waals surface area contributed by atoms with Gasteiger partial charge in [-0.05, 0) is 30.7 Å². The van der Waals surface area contributed by atoms with Crippen LogP contribution in [0.1, 0.15) is 12.8 Å². The van der Waals surface area contributed by atoms with Crippen LogP contribution in [0.25, 0.3) is 0 Å². The van der Waals surface area contributed by atoms with E-state index in [2.05, 4.69) is 10.4 Å². The van der Waals surface area contributed by atoms with Crippen molar-refractivity contribution in [2.75, 3.05) is 6.54 Å². The molecule has 2 aliphatic carbocycles. The van der Waals surface area contributed by atoms with Crippen molar-refractivity contribution < 1.29 is 14.7 Å². The van der Waals surface area contributed by atoms with Crippen LogP contribution in [0.15, 0.2) is 30.6 Å². The van der Waals surface area contributed by atoms with Crippen LogP contribution in [0.5, 0.6) is 0 Å². The number of nitrogens with zero attached hydrogens (tertiary/aromatic N) is 2. The molecule has 1 aromatic heterocycles. The molecule has 2 N–H and O–H groups in total. The fourth-order valence-electron chi connectivity index (χ4n) is 3.52. The van der Waals surface area contributed by atoms with Gasteiger partial charge in [-0.25, -0.2) is 0 Å². The highest BCUT2D eigenvalue weighted by Crippen LogP contribution is 2.48. The summed E-state index contributed by atoms with van der Waals surface area (Å²) in [6, 6.07) is 1.86. The van der Waals surface area contributed by atoms with Gasteiger partial charge in [0.15, 0.2) is 0 Å². The number of carboxylic acids is 1. The van der Waals surface area contributed by atoms with E-state index in [1.165, 1.54) is 0 Å². The number of rotatable bonds is 6. The summed E-state index contributed by atoms with van der Waals surface area (Å²) < 4.78 is 1.81. The summed E-state index contributed by atoms with van der Waals surface area (Å²) in [5.74, 6) is -1.86. The number of fused-ring (bicyclic) bond motifs is 2. The summed E-state index contributed by atoms with van der Waals surface area (Å²) >= 11 is 0. The van der Waals surface area contributed by atoms with Gasteiger partial charge in [0.25, 0.3) is 0 Å². The molecule has 0 spiro atoms. The second-order valence-electron chi connectivity index (χ2n) is 5.75. The van der Waals surface area contributed by atoms with E-state index in [0.717, 1.165) is 19.4 Å². The lowest BCUT2D eigenvalue weighted by molar-refractivity contribution is -0.147. The van der Waals surface area contributed by atoms with Crippen molar-refractivity contribution in [2.45, 2.75) is 19.4 Å². The van der Waals surface area contributed by atoms with Crippen LogP contribution in [0.3, 0.4) is 0 Å². The van der Waals surface area contributed by atoms with Crippen LogP contribution in [0, 0.1) is 23.7 Å². The van der Waals surface area contributed by atoms with Gasteiger partial charge in [0.2, 0.25) is 5.91 Å². The first-order valence-electron chi connectivity index (χ1n) is 7.33. The van der Waals surface area contributed by atoms with E-state index < -0.39 is 17.8 Å². The number of amides is 1. The highest BCUT2D eigenvalue weighted by molar-refractivity contribution is 5.86. The van der Waals surface area contributed by atoms with E-state index in [1.807, 2.05) is 29.1 Å². The molecule has 21 heavy (non-hydrogen) atoms. The standard InChI is InChI=1S/C15H19N3O3/c19-14(16-5-1-7-18-8-2-6-17-18)12-10-3-4-11(9-10)13(12)15(20)21/h2-4,6,8,10-13H,1,5,7,9H2,(H,16,19)(H,20,21)/t10-,11+,12-,13+/m1/s1. The monoisotopic (exact) mass is 289 g/mol. The molecule has 112 valence electrons. The highest BCUT2D eigenvalue weighted by Gasteiger charge is 2.51. The van der Waals surface area contributed by atoms with Crippen LogP contribution in [-0.2, 0) is 16.1 Å². The van der Waals surface area contributed by atoms with Gasteiger partial charge in [-0.2, -0.15) is 5.10 Å². The molecule has 0 radical (unpaired) electrons. The predicted octanol–water partition coefficient (Wildman–Crippen LogP) is 0.912. The number of aliphatic carboxylic acids is 1. The van der Waals surface area contributed by atoms with Crippen molar-refractivity contribution in [3.8, 4) is 0 Å².